The smallest absolute Gasteiger partial charge is 0.325 e. The lowest BCUT2D eigenvalue weighted by atomic mass is 9.68. The summed E-state index contributed by atoms with van der Waals surface area (Å²) in [5.41, 5.74) is 7.94. The van der Waals surface area contributed by atoms with Gasteiger partial charge in [0, 0.05) is 23.3 Å². The molecule has 1 aliphatic heterocycles. The first-order valence-corrected chi connectivity index (χ1v) is 12.6. The van der Waals surface area contributed by atoms with Crippen molar-refractivity contribution < 1.29 is 9.59 Å². The number of hydrogen-bond acceptors (Lipinski definition) is 3. The fourth-order valence-corrected chi connectivity index (χ4v) is 6.31. The van der Waals surface area contributed by atoms with E-state index in [2.05, 4.69) is 54.2 Å². The second-order valence-corrected chi connectivity index (χ2v) is 10.7. The number of primary amides is 1. The highest BCUT2D eigenvalue weighted by Crippen LogP contribution is 2.50. The zero-order valence-electron chi connectivity index (χ0n) is 20.4. The first-order chi connectivity index (χ1) is 16.3. The Morgan fingerprint density at radius 2 is 1.65 bits per heavy atom. The fraction of sp³-hybridized carbons (Fsp3) is 0.500. The van der Waals surface area contributed by atoms with Gasteiger partial charge < -0.3 is 10.6 Å². The van der Waals surface area contributed by atoms with E-state index in [4.69, 9.17) is 5.73 Å². The van der Waals surface area contributed by atoms with Crippen molar-refractivity contribution in [3.63, 3.8) is 0 Å². The lowest BCUT2D eigenvalue weighted by molar-refractivity contribution is 0.0172. The van der Waals surface area contributed by atoms with Gasteiger partial charge in [-0.05, 0) is 88.4 Å². The Kier molecular flexibility index (Phi) is 5.88. The molecule has 3 aliphatic rings. The van der Waals surface area contributed by atoms with Crippen LogP contribution < -0.4 is 10.6 Å². The van der Waals surface area contributed by atoms with Crippen LogP contribution in [0.15, 0.2) is 54.6 Å². The van der Waals surface area contributed by atoms with E-state index in [1.165, 1.54) is 24.8 Å². The molecule has 6 nitrogen and oxygen atoms in total. The van der Waals surface area contributed by atoms with Gasteiger partial charge >= 0.3 is 6.03 Å². The maximum atomic E-state index is 13.8. The molecule has 2 aromatic carbocycles. The third kappa shape index (κ3) is 3.78. The lowest BCUT2D eigenvalue weighted by Crippen LogP contribution is -2.56. The molecule has 1 heterocycles. The highest BCUT2D eigenvalue weighted by atomic mass is 16.2. The molecule has 34 heavy (non-hydrogen) atoms. The van der Waals surface area contributed by atoms with Gasteiger partial charge in [-0.25, -0.2) is 4.79 Å². The Balaban J connectivity index is 1.44. The van der Waals surface area contributed by atoms with Crippen molar-refractivity contribution >= 4 is 17.6 Å². The van der Waals surface area contributed by atoms with Crippen LogP contribution in [0.25, 0.3) is 0 Å². The predicted octanol–water partition coefficient (Wildman–Crippen LogP) is 4.60. The number of rotatable bonds is 6. The first-order valence-electron chi connectivity index (χ1n) is 12.6. The summed E-state index contributed by atoms with van der Waals surface area (Å²) in [6.07, 6.45) is 7.72. The van der Waals surface area contributed by atoms with E-state index in [-0.39, 0.29) is 17.1 Å². The highest BCUT2D eigenvalue weighted by Gasteiger charge is 2.55. The number of amides is 3. The molecule has 6 heteroatoms. The van der Waals surface area contributed by atoms with Crippen molar-refractivity contribution in [2.24, 2.45) is 11.7 Å². The maximum absolute atomic E-state index is 13.8. The monoisotopic (exact) mass is 460 g/mol. The number of carbonyl (C=O) groups excluding carboxylic acids is 2. The van der Waals surface area contributed by atoms with E-state index in [0.29, 0.717) is 18.0 Å². The van der Waals surface area contributed by atoms with E-state index in [9.17, 15) is 9.59 Å². The quantitative estimate of drug-likeness (QED) is 0.685. The number of carbonyl (C=O) groups is 2. The first kappa shape index (κ1) is 22.9. The number of benzene rings is 2. The van der Waals surface area contributed by atoms with Gasteiger partial charge in [0.2, 0.25) is 5.91 Å². The van der Waals surface area contributed by atoms with Crippen LogP contribution in [0.5, 0.6) is 0 Å². The largest absolute Gasteiger partial charge is 0.366 e. The fourth-order valence-electron chi connectivity index (χ4n) is 6.31. The van der Waals surface area contributed by atoms with Crippen molar-refractivity contribution in [2.45, 2.75) is 56.0 Å². The Hall–Kier alpha value is -2.86. The van der Waals surface area contributed by atoms with Crippen LogP contribution in [0.4, 0.5) is 10.5 Å². The van der Waals surface area contributed by atoms with Crippen LogP contribution in [0.2, 0.25) is 0 Å². The van der Waals surface area contributed by atoms with Crippen molar-refractivity contribution in [1.29, 1.82) is 0 Å². The van der Waals surface area contributed by atoms with E-state index in [1.807, 2.05) is 17.0 Å². The van der Waals surface area contributed by atoms with E-state index < -0.39 is 5.91 Å². The second kappa shape index (κ2) is 8.73. The molecule has 3 fully saturated rings. The summed E-state index contributed by atoms with van der Waals surface area (Å²) in [5, 5.41) is 0. The van der Waals surface area contributed by atoms with E-state index >= 15 is 0 Å². The summed E-state index contributed by atoms with van der Waals surface area (Å²) in [6.45, 7) is 1.56. The normalized spacial score (nSPS) is 27.4. The molecule has 2 saturated carbocycles. The molecule has 0 radical (unpaired) electrons. The summed E-state index contributed by atoms with van der Waals surface area (Å²) in [4.78, 5) is 31.8. The van der Waals surface area contributed by atoms with Crippen molar-refractivity contribution in [1.82, 2.24) is 9.80 Å². The Labute approximate surface area is 202 Å². The number of urea groups is 1. The number of hydrogen-bond donors (Lipinski definition) is 1. The highest BCUT2D eigenvalue weighted by molar-refractivity contribution is 5.97. The zero-order valence-corrected chi connectivity index (χ0v) is 20.4. The molecule has 0 unspecified atom stereocenters. The van der Waals surface area contributed by atoms with Gasteiger partial charge in [-0.3, -0.25) is 14.6 Å². The molecule has 3 amide bonds. The van der Waals surface area contributed by atoms with Crippen LogP contribution in [0.1, 0.15) is 60.9 Å². The Morgan fingerprint density at radius 1 is 1.00 bits per heavy atom. The zero-order chi connectivity index (χ0) is 23.9. The summed E-state index contributed by atoms with van der Waals surface area (Å²) >= 11 is 0. The molecular weight excluding hydrogens is 424 g/mol. The van der Waals surface area contributed by atoms with Crippen LogP contribution >= 0.6 is 0 Å². The standard InChI is InChI=1S/C28H36N4O2/c1-30(2)28(23-9-4-3-5-10-23)17-15-27(16-18-28)20-31(24-13-11-22(12-14-24)25(29)33)26(34)32(27)19-21-7-6-8-21/h3-5,9-14,21H,6-8,15-20H2,1-2H3,(H2,29,33)/t27-,28+. The van der Waals surface area contributed by atoms with Gasteiger partial charge in [-0.2, -0.15) is 0 Å². The van der Waals surface area contributed by atoms with Gasteiger partial charge in [-0.1, -0.05) is 36.8 Å². The van der Waals surface area contributed by atoms with E-state index in [1.54, 1.807) is 12.1 Å². The van der Waals surface area contributed by atoms with Crippen LogP contribution in [0, 0.1) is 5.92 Å². The predicted molar refractivity (Wildman–Crippen MR) is 135 cm³/mol. The van der Waals surface area contributed by atoms with Gasteiger partial charge in [0.1, 0.15) is 0 Å². The Morgan fingerprint density at radius 3 is 2.18 bits per heavy atom. The van der Waals surface area contributed by atoms with Crippen LogP contribution in [0.3, 0.4) is 0 Å². The minimum Gasteiger partial charge on any atom is -0.366 e. The molecule has 1 spiro atoms. The lowest BCUT2D eigenvalue weighted by Gasteiger charge is -2.51. The molecular formula is C28H36N4O2. The molecule has 0 aromatic heterocycles. The average Bonchev–Trinajstić information content (AvgIpc) is 3.08. The summed E-state index contributed by atoms with van der Waals surface area (Å²) in [6, 6.07) is 18.1. The molecule has 2 aliphatic carbocycles. The summed E-state index contributed by atoms with van der Waals surface area (Å²) in [7, 11) is 4.37. The molecule has 0 atom stereocenters. The molecule has 180 valence electrons. The minimum absolute atomic E-state index is 0.00570. The SMILES string of the molecule is CN(C)[C@]1(c2ccccc2)CC[C@]2(CC1)CN(c1ccc(C(N)=O)cc1)C(=O)N2CC1CCC1. The summed E-state index contributed by atoms with van der Waals surface area (Å²) < 4.78 is 0. The molecule has 1 saturated heterocycles. The topological polar surface area (TPSA) is 69.9 Å². The van der Waals surface area contributed by atoms with E-state index in [0.717, 1.165) is 37.9 Å². The van der Waals surface area contributed by atoms with Crippen LogP contribution in [-0.2, 0) is 5.54 Å². The number of anilines is 1. The third-order valence-corrected chi connectivity index (χ3v) is 8.79. The van der Waals surface area contributed by atoms with Gasteiger partial charge in [0.25, 0.3) is 0 Å². The molecule has 5 rings (SSSR count). The third-order valence-electron chi connectivity index (χ3n) is 8.79. The number of nitrogens with zero attached hydrogens (tertiary/aromatic N) is 3. The number of nitrogens with two attached hydrogens (primary N) is 1. The summed E-state index contributed by atoms with van der Waals surface area (Å²) in [5.74, 6) is 0.170. The average molecular weight is 461 g/mol. The van der Waals surface area contributed by atoms with Gasteiger partial charge in [0.05, 0.1) is 12.1 Å². The van der Waals surface area contributed by atoms with Gasteiger partial charge in [-0.15, -0.1) is 0 Å². The van der Waals surface area contributed by atoms with Crippen molar-refractivity contribution in [2.75, 3.05) is 32.1 Å². The Bertz CT molecular complexity index is 1040. The van der Waals surface area contributed by atoms with Crippen LogP contribution in [-0.4, -0.2) is 54.5 Å². The van der Waals surface area contributed by atoms with Gasteiger partial charge in [0.15, 0.2) is 0 Å². The van der Waals surface area contributed by atoms with Crippen molar-refractivity contribution in [3.8, 4) is 0 Å². The minimum atomic E-state index is -0.449. The van der Waals surface area contributed by atoms with Crippen molar-refractivity contribution in [3.05, 3.63) is 65.7 Å². The second-order valence-electron chi connectivity index (χ2n) is 10.7. The molecule has 2 N–H and O–H groups in total. The molecule has 0 bridgehead atoms. The molecule has 2 aromatic rings. The maximum Gasteiger partial charge on any atom is 0.325 e.